The lowest BCUT2D eigenvalue weighted by atomic mass is 10.1. The van der Waals surface area contributed by atoms with Crippen molar-refractivity contribution in [3.63, 3.8) is 0 Å². The van der Waals surface area contributed by atoms with E-state index in [0.717, 1.165) is 5.56 Å². The van der Waals surface area contributed by atoms with Crippen molar-refractivity contribution in [2.75, 3.05) is 13.3 Å². The number of hydrogen-bond donors (Lipinski definition) is 1. The third-order valence-electron chi connectivity index (χ3n) is 2.82. The largest absolute Gasteiger partial charge is 0.315 e. The molecule has 0 spiro atoms. The van der Waals surface area contributed by atoms with Crippen molar-refractivity contribution in [2.24, 2.45) is 0 Å². The molecule has 90 valence electrons. The first-order valence-electron chi connectivity index (χ1n) is 5.20. The van der Waals surface area contributed by atoms with Gasteiger partial charge in [0.1, 0.15) is 0 Å². The molecule has 0 aliphatic carbocycles. The van der Waals surface area contributed by atoms with Crippen LogP contribution in [0.5, 0.6) is 0 Å². The van der Waals surface area contributed by atoms with Crippen molar-refractivity contribution < 1.29 is 8.42 Å². The van der Waals surface area contributed by atoms with Gasteiger partial charge in [0.2, 0.25) is 0 Å². The zero-order chi connectivity index (χ0) is 12.2. The van der Waals surface area contributed by atoms with Gasteiger partial charge in [-0.05, 0) is 38.1 Å². The Hall–Kier alpha value is -0.940. The fraction of sp³-hybridized carbons (Fsp3) is 0.545. The third-order valence-corrected chi connectivity index (χ3v) is 4.50. The van der Waals surface area contributed by atoms with Gasteiger partial charge in [-0.3, -0.25) is 4.98 Å². The molecule has 0 bridgehead atoms. The molecule has 0 aliphatic heterocycles. The van der Waals surface area contributed by atoms with Gasteiger partial charge in [0.15, 0.2) is 9.84 Å². The predicted molar refractivity (Wildman–Crippen MR) is 65.1 cm³/mol. The lowest BCUT2D eigenvalue weighted by Crippen LogP contribution is -2.41. The van der Waals surface area contributed by atoms with Crippen molar-refractivity contribution in [1.29, 1.82) is 0 Å². The SMILES string of the molecule is CNC(Cc1ccncc1)C(C)S(C)(=O)=O. The maximum atomic E-state index is 11.5. The second-order valence-electron chi connectivity index (χ2n) is 3.99. The summed E-state index contributed by atoms with van der Waals surface area (Å²) in [7, 11) is -1.23. The zero-order valence-electron chi connectivity index (χ0n) is 9.84. The molecule has 16 heavy (non-hydrogen) atoms. The summed E-state index contributed by atoms with van der Waals surface area (Å²) in [5.41, 5.74) is 1.09. The lowest BCUT2D eigenvalue weighted by Gasteiger charge is -2.22. The summed E-state index contributed by atoms with van der Waals surface area (Å²) < 4.78 is 22.9. The Bertz CT molecular complexity index is 417. The number of nitrogens with one attached hydrogen (secondary N) is 1. The topological polar surface area (TPSA) is 59.1 Å². The minimum absolute atomic E-state index is 0.0719. The average Bonchev–Trinajstić information content (AvgIpc) is 2.25. The standard InChI is InChI=1S/C11H18N2O2S/c1-9(16(3,14)15)11(12-2)8-10-4-6-13-7-5-10/h4-7,9,11-12H,8H2,1-3H3. The summed E-state index contributed by atoms with van der Waals surface area (Å²) in [5, 5.41) is 2.66. The summed E-state index contributed by atoms with van der Waals surface area (Å²) >= 11 is 0. The molecule has 2 unspecified atom stereocenters. The normalized spacial score (nSPS) is 15.7. The summed E-state index contributed by atoms with van der Waals surface area (Å²) in [5.74, 6) is 0. The molecule has 0 saturated carbocycles. The fourth-order valence-corrected chi connectivity index (χ4v) is 2.40. The van der Waals surface area contributed by atoms with Crippen LogP contribution in [0.25, 0.3) is 0 Å². The maximum Gasteiger partial charge on any atom is 0.151 e. The van der Waals surface area contributed by atoms with Crippen LogP contribution in [0.4, 0.5) is 0 Å². The molecule has 0 radical (unpaired) electrons. The Labute approximate surface area is 97.0 Å². The lowest BCUT2D eigenvalue weighted by molar-refractivity contribution is 0.516. The van der Waals surface area contributed by atoms with Crippen LogP contribution < -0.4 is 5.32 Å². The van der Waals surface area contributed by atoms with Gasteiger partial charge in [0, 0.05) is 24.7 Å². The van der Waals surface area contributed by atoms with Crippen LogP contribution >= 0.6 is 0 Å². The van der Waals surface area contributed by atoms with Gasteiger partial charge in [0.25, 0.3) is 0 Å². The molecule has 1 heterocycles. The van der Waals surface area contributed by atoms with E-state index >= 15 is 0 Å². The first kappa shape index (κ1) is 13.1. The van der Waals surface area contributed by atoms with Crippen molar-refractivity contribution in [3.05, 3.63) is 30.1 Å². The van der Waals surface area contributed by atoms with Gasteiger partial charge in [-0.15, -0.1) is 0 Å². The molecular weight excluding hydrogens is 224 g/mol. The number of nitrogens with zero attached hydrogens (tertiary/aromatic N) is 1. The first-order chi connectivity index (χ1) is 7.45. The summed E-state index contributed by atoms with van der Waals surface area (Å²) in [6.45, 7) is 1.73. The number of rotatable bonds is 5. The van der Waals surface area contributed by atoms with Crippen LogP contribution in [0.3, 0.4) is 0 Å². The number of sulfone groups is 1. The van der Waals surface area contributed by atoms with Crippen LogP contribution in [-0.4, -0.2) is 38.0 Å². The summed E-state index contributed by atoms with van der Waals surface area (Å²) in [6, 6.07) is 3.73. The van der Waals surface area contributed by atoms with E-state index in [1.807, 2.05) is 12.1 Å². The molecule has 0 fully saturated rings. The van der Waals surface area contributed by atoms with E-state index in [1.165, 1.54) is 6.26 Å². The van der Waals surface area contributed by atoms with Crippen molar-refractivity contribution in [1.82, 2.24) is 10.3 Å². The Balaban J connectivity index is 2.77. The van der Waals surface area contributed by atoms with Crippen LogP contribution in [0.15, 0.2) is 24.5 Å². The quantitative estimate of drug-likeness (QED) is 0.823. The van der Waals surface area contributed by atoms with Gasteiger partial charge in [-0.25, -0.2) is 8.42 Å². The molecule has 0 amide bonds. The number of pyridine rings is 1. The van der Waals surface area contributed by atoms with E-state index in [9.17, 15) is 8.42 Å². The molecule has 4 nitrogen and oxygen atoms in total. The summed E-state index contributed by atoms with van der Waals surface area (Å²) in [4.78, 5) is 3.93. The van der Waals surface area contributed by atoms with Crippen molar-refractivity contribution in [2.45, 2.75) is 24.6 Å². The Morgan fingerprint density at radius 1 is 1.38 bits per heavy atom. The molecule has 1 aromatic rings. The van der Waals surface area contributed by atoms with E-state index in [4.69, 9.17) is 0 Å². The smallest absolute Gasteiger partial charge is 0.151 e. The third kappa shape index (κ3) is 3.57. The first-order valence-corrected chi connectivity index (χ1v) is 7.15. The predicted octanol–water partition coefficient (Wildman–Crippen LogP) is 0.645. The molecule has 0 aliphatic rings. The Morgan fingerprint density at radius 2 is 1.94 bits per heavy atom. The van der Waals surface area contributed by atoms with Crippen molar-refractivity contribution >= 4 is 9.84 Å². The second kappa shape index (κ2) is 5.41. The highest BCUT2D eigenvalue weighted by Gasteiger charge is 2.24. The minimum Gasteiger partial charge on any atom is -0.315 e. The van der Waals surface area contributed by atoms with Gasteiger partial charge in [-0.2, -0.15) is 0 Å². The van der Waals surface area contributed by atoms with E-state index in [2.05, 4.69) is 10.3 Å². The van der Waals surface area contributed by atoms with Gasteiger partial charge in [0.05, 0.1) is 5.25 Å². The zero-order valence-corrected chi connectivity index (χ0v) is 10.7. The van der Waals surface area contributed by atoms with Gasteiger partial charge in [-0.1, -0.05) is 0 Å². The molecule has 0 aromatic carbocycles. The average molecular weight is 242 g/mol. The number of hydrogen-bond acceptors (Lipinski definition) is 4. The molecule has 0 saturated heterocycles. The van der Waals surface area contributed by atoms with Crippen LogP contribution in [0, 0.1) is 0 Å². The molecule has 1 rings (SSSR count). The second-order valence-corrected chi connectivity index (χ2v) is 6.39. The monoisotopic (exact) mass is 242 g/mol. The molecule has 1 aromatic heterocycles. The van der Waals surface area contributed by atoms with Crippen molar-refractivity contribution in [3.8, 4) is 0 Å². The Morgan fingerprint density at radius 3 is 2.38 bits per heavy atom. The highest BCUT2D eigenvalue weighted by molar-refractivity contribution is 7.91. The molecule has 1 N–H and O–H groups in total. The van der Waals surface area contributed by atoms with E-state index < -0.39 is 15.1 Å². The fourth-order valence-electron chi connectivity index (χ4n) is 1.57. The minimum atomic E-state index is -3.01. The maximum absolute atomic E-state index is 11.5. The number of aromatic nitrogens is 1. The van der Waals surface area contributed by atoms with E-state index in [1.54, 1.807) is 26.4 Å². The molecule has 5 heteroatoms. The van der Waals surface area contributed by atoms with Gasteiger partial charge < -0.3 is 5.32 Å². The number of likely N-dealkylation sites (N-methyl/N-ethyl adjacent to an activating group) is 1. The van der Waals surface area contributed by atoms with Crippen LogP contribution in [0.1, 0.15) is 12.5 Å². The van der Waals surface area contributed by atoms with Gasteiger partial charge >= 0.3 is 0 Å². The summed E-state index contributed by atoms with van der Waals surface area (Å²) in [6.07, 6.45) is 5.39. The Kier molecular flexibility index (Phi) is 4.44. The van der Waals surface area contributed by atoms with Crippen LogP contribution in [-0.2, 0) is 16.3 Å². The van der Waals surface area contributed by atoms with Crippen LogP contribution in [0.2, 0.25) is 0 Å². The molecular formula is C11H18N2O2S. The van der Waals surface area contributed by atoms with E-state index in [0.29, 0.717) is 6.42 Å². The molecule has 2 atom stereocenters. The highest BCUT2D eigenvalue weighted by Crippen LogP contribution is 2.10. The highest BCUT2D eigenvalue weighted by atomic mass is 32.2. The van der Waals surface area contributed by atoms with E-state index in [-0.39, 0.29) is 6.04 Å².